The van der Waals surface area contributed by atoms with Crippen LogP contribution in [0, 0.1) is 17.8 Å². The highest BCUT2D eigenvalue weighted by Gasteiger charge is 2.46. The van der Waals surface area contributed by atoms with Crippen LogP contribution in [0.4, 0.5) is 0 Å². The van der Waals surface area contributed by atoms with Gasteiger partial charge in [0.05, 0.1) is 6.10 Å². The van der Waals surface area contributed by atoms with Gasteiger partial charge >= 0.3 is 5.97 Å². The second-order valence-electron chi connectivity index (χ2n) is 8.72. The number of hydrogen-bond acceptors (Lipinski definition) is 3. The van der Waals surface area contributed by atoms with Crippen LogP contribution in [0.15, 0.2) is 12.2 Å². The van der Waals surface area contributed by atoms with E-state index in [0.29, 0.717) is 12.3 Å². The Morgan fingerprint density at radius 1 is 1.04 bits per heavy atom. The minimum absolute atomic E-state index is 0.251. The van der Waals surface area contributed by atoms with Crippen LogP contribution >= 0.6 is 11.8 Å². The Morgan fingerprint density at radius 2 is 1.77 bits per heavy atom. The van der Waals surface area contributed by atoms with Crippen molar-refractivity contribution in [2.75, 3.05) is 0 Å². The Balaban J connectivity index is 1.41. The number of aliphatic hydroxyl groups excluding tert-OH is 1. The normalized spacial score (nSPS) is 32.7. The predicted molar refractivity (Wildman–Crippen MR) is 108 cm³/mol. The Kier molecular flexibility index (Phi) is 7.92. The zero-order valence-corrected chi connectivity index (χ0v) is 16.8. The van der Waals surface area contributed by atoms with Crippen molar-refractivity contribution >= 4 is 17.7 Å². The van der Waals surface area contributed by atoms with Gasteiger partial charge in [0.15, 0.2) is 0 Å². The van der Waals surface area contributed by atoms with E-state index < -0.39 is 5.97 Å². The van der Waals surface area contributed by atoms with Crippen LogP contribution in [0.5, 0.6) is 0 Å². The minimum Gasteiger partial charge on any atom is -0.481 e. The zero-order valence-electron chi connectivity index (χ0n) is 16.0. The van der Waals surface area contributed by atoms with Crippen molar-refractivity contribution in [3.05, 3.63) is 12.2 Å². The van der Waals surface area contributed by atoms with Crippen molar-refractivity contribution in [1.29, 1.82) is 0 Å². The van der Waals surface area contributed by atoms with E-state index in [0.717, 1.165) is 48.0 Å². The van der Waals surface area contributed by atoms with Gasteiger partial charge in [-0.15, -0.1) is 0 Å². The molecule has 3 aliphatic rings. The van der Waals surface area contributed by atoms with Crippen molar-refractivity contribution in [3.63, 3.8) is 0 Å². The second kappa shape index (κ2) is 10.2. The highest BCUT2D eigenvalue weighted by atomic mass is 32.2. The first-order valence-electron chi connectivity index (χ1n) is 10.9. The fourth-order valence-corrected chi connectivity index (χ4v) is 7.38. The number of carboxylic acids is 1. The Hall–Kier alpha value is -0.480. The summed E-state index contributed by atoms with van der Waals surface area (Å²) in [6.07, 6.45) is 19.0. The molecule has 148 valence electrons. The predicted octanol–water partition coefficient (Wildman–Crippen LogP) is 5.42. The summed E-state index contributed by atoms with van der Waals surface area (Å²) < 4.78 is 0. The van der Waals surface area contributed by atoms with Gasteiger partial charge in [-0.3, -0.25) is 4.79 Å². The topological polar surface area (TPSA) is 57.5 Å². The lowest BCUT2D eigenvalue weighted by molar-refractivity contribution is -0.137. The van der Waals surface area contributed by atoms with Gasteiger partial charge in [0, 0.05) is 16.9 Å². The van der Waals surface area contributed by atoms with Crippen LogP contribution in [0.25, 0.3) is 0 Å². The SMILES string of the molecule is O=C(O)CCCCCC[C@H]1[C@@H](C=CC(O)CC2CCCC2)[C@H]2CC[C@@H]1S2. The summed E-state index contributed by atoms with van der Waals surface area (Å²) in [5.74, 6) is 1.49. The fourth-order valence-electron chi connectivity index (χ4n) is 5.39. The van der Waals surface area contributed by atoms with E-state index in [1.54, 1.807) is 0 Å². The summed E-state index contributed by atoms with van der Waals surface area (Å²) in [6.45, 7) is 0. The number of aliphatic hydroxyl groups is 1. The quantitative estimate of drug-likeness (QED) is 0.371. The van der Waals surface area contributed by atoms with Crippen molar-refractivity contribution in [2.24, 2.45) is 17.8 Å². The molecule has 1 saturated carbocycles. The third-order valence-corrected chi connectivity index (χ3v) is 8.60. The maximum atomic E-state index is 10.6. The molecule has 5 atom stereocenters. The number of aliphatic carboxylic acids is 1. The van der Waals surface area contributed by atoms with Gasteiger partial charge in [-0.05, 0) is 49.9 Å². The third kappa shape index (κ3) is 5.76. The summed E-state index contributed by atoms with van der Waals surface area (Å²) in [4.78, 5) is 10.6. The maximum absolute atomic E-state index is 10.6. The smallest absolute Gasteiger partial charge is 0.303 e. The van der Waals surface area contributed by atoms with E-state index in [1.165, 1.54) is 51.4 Å². The van der Waals surface area contributed by atoms with Crippen LogP contribution < -0.4 is 0 Å². The lowest BCUT2D eigenvalue weighted by Crippen LogP contribution is -2.26. The summed E-state index contributed by atoms with van der Waals surface area (Å²) in [6, 6.07) is 0. The van der Waals surface area contributed by atoms with E-state index in [-0.39, 0.29) is 6.10 Å². The average Bonchev–Trinajstić information content (AvgIpc) is 3.33. The molecule has 2 aliphatic heterocycles. The molecular weight excluding hydrogens is 344 g/mol. The van der Waals surface area contributed by atoms with Gasteiger partial charge in [0.1, 0.15) is 0 Å². The molecule has 2 heterocycles. The zero-order chi connectivity index (χ0) is 18.4. The number of rotatable bonds is 11. The summed E-state index contributed by atoms with van der Waals surface area (Å²) in [5, 5.41) is 20.7. The van der Waals surface area contributed by atoms with Crippen molar-refractivity contribution < 1.29 is 15.0 Å². The minimum atomic E-state index is -0.670. The van der Waals surface area contributed by atoms with Crippen LogP contribution in [-0.4, -0.2) is 32.8 Å². The molecule has 1 unspecified atom stereocenters. The maximum Gasteiger partial charge on any atom is 0.303 e. The molecule has 0 aromatic heterocycles. The van der Waals surface area contributed by atoms with Gasteiger partial charge in [-0.25, -0.2) is 0 Å². The molecular formula is C22H36O3S. The number of thioether (sulfide) groups is 1. The molecule has 3 nitrogen and oxygen atoms in total. The van der Waals surface area contributed by atoms with Gasteiger partial charge in [0.25, 0.3) is 0 Å². The molecule has 1 aliphatic carbocycles. The first-order valence-corrected chi connectivity index (χ1v) is 11.8. The first-order chi connectivity index (χ1) is 12.6. The molecule has 0 amide bonds. The van der Waals surface area contributed by atoms with Gasteiger partial charge < -0.3 is 10.2 Å². The van der Waals surface area contributed by atoms with E-state index in [9.17, 15) is 9.90 Å². The Bertz CT molecular complexity index is 472. The van der Waals surface area contributed by atoms with Crippen LogP contribution in [-0.2, 0) is 4.79 Å². The van der Waals surface area contributed by atoms with Gasteiger partial charge in [0.2, 0.25) is 0 Å². The summed E-state index contributed by atoms with van der Waals surface area (Å²) >= 11 is 2.19. The Morgan fingerprint density at radius 3 is 2.54 bits per heavy atom. The number of hydrogen-bond donors (Lipinski definition) is 2. The Labute approximate surface area is 163 Å². The number of fused-ring (bicyclic) bond motifs is 2. The lowest BCUT2D eigenvalue weighted by Gasteiger charge is -2.28. The number of unbranched alkanes of at least 4 members (excludes halogenated alkanes) is 3. The molecule has 2 N–H and O–H groups in total. The fraction of sp³-hybridized carbons (Fsp3) is 0.864. The van der Waals surface area contributed by atoms with Gasteiger partial charge in [-0.2, -0.15) is 11.8 Å². The monoisotopic (exact) mass is 380 g/mol. The van der Waals surface area contributed by atoms with Crippen molar-refractivity contribution in [3.8, 4) is 0 Å². The summed E-state index contributed by atoms with van der Waals surface area (Å²) in [7, 11) is 0. The standard InChI is InChI=1S/C22H36O3S/c23-17(15-16-7-5-6-8-16)11-12-19-18(20-13-14-21(19)26-20)9-3-1-2-4-10-22(24)25/h11-12,16-21,23H,1-10,13-15H2,(H,24,25)/t17?,18-,19+,20-,21+/m0/s1. The van der Waals surface area contributed by atoms with E-state index in [2.05, 4.69) is 23.9 Å². The van der Waals surface area contributed by atoms with E-state index in [1.807, 2.05) is 0 Å². The first kappa shape index (κ1) is 20.3. The number of carboxylic acid groups (broad SMARTS) is 1. The van der Waals surface area contributed by atoms with Crippen molar-refractivity contribution in [1.82, 2.24) is 0 Å². The molecule has 2 bridgehead atoms. The molecule has 0 aromatic carbocycles. The van der Waals surface area contributed by atoms with Crippen molar-refractivity contribution in [2.45, 2.75) is 100 Å². The third-order valence-electron chi connectivity index (χ3n) is 6.77. The van der Waals surface area contributed by atoms with E-state index in [4.69, 9.17) is 5.11 Å². The summed E-state index contributed by atoms with van der Waals surface area (Å²) in [5.41, 5.74) is 0. The molecule has 3 fully saturated rings. The molecule has 4 heteroatoms. The molecule has 0 radical (unpaired) electrons. The van der Waals surface area contributed by atoms with Gasteiger partial charge in [-0.1, -0.05) is 57.1 Å². The van der Waals surface area contributed by atoms with Crippen LogP contribution in [0.3, 0.4) is 0 Å². The molecule has 0 aromatic rings. The van der Waals surface area contributed by atoms with Crippen LogP contribution in [0.1, 0.15) is 83.5 Å². The van der Waals surface area contributed by atoms with E-state index >= 15 is 0 Å². The average molecular weight is 381 g/mol. The molecule has 0 spiro atoms. The largest absolute Gasteiger partial charge is 0.481 e. The molecule has 2 saturated heterocycles. The van der Waals surface area contributed by atoms with Crippen LogP contribution in [0.2, 0.25) is 0 Å². The number of carbonyl (C=O) groups is 1. The molecule has 3 rings (SSSR count). The number of allylic oxidation sites excluding steroid dienone is 1. The molecule has 26 heavy (non-hydrogen) atoms. The highest BCUT2D eigenvalue weighted by molar-refractivity contribution is 8.01. The highest BCUT2D eigenvalue weighted by Crippen LogP contribution is 2.55. The lowest BCUT2D eigenvalue weighted by atomic mass is 9.76. The second-order valence-corrected chi connectivity index (χ2v) is 10.2.